The normalized spacial score (nSPS) is 12.4. The van der Waals surface area contributed by atoms with Crippen molar-refractivity contribution in [3.05, 3.63) is 48.0 Å². The van der Waals surface area contributed by atoms with Gasteiger partial charge in [0, 0.05) is 18.3 Å². The van der Waals surface area contributed by atoms with Gasteiger partial charge in [-0.05, 0) is 42.0 Å². The molecule has 0 saturated heterocycles. The largest absolute Gasteiger partial charge is 0.482 e. The van der Waals surface area contributed by atoms with Gasteiger partial charge in [-0.25, -0.2) is 0 Å². The predicted molar refractivity (Wildman–Crippen MR) is 93.6 cm³/mol. The second-order valence-electron chi connectivity index (χ2n) is 5.65. The summed E-state index contributed by atoms with van der Waals surface area (Å²) in [5.74, 6) is 0.0428. The van der Waals surface area contributed by atoms with Crippen molar-refractivity contribution in [2.75, 3.05) is 22.6 Å². The summed E-state index contributed by atoms with van der Waals surface area (Å²) < 4.78 is 5.29. The minimum atomic E-state index is -0.214. The molecule has 7 heteroatoms. The van der Waals surface area contributed by atoms with Crippen molar-refractivity contribution in [1.29, 1.82) is 0 Å². The maximum atomic E-state index is 12.2. The van der Waals surface area contributed by atoms with Crippen LogP contribution < -0.4 is 20.7 Å². The Morgan fingerprint density at radius 3 is 2.44 bits per heavy atom. The number of amides is 3. The van der Waals surface area contributed by atoms with Crippen molar-refractivity contribution < 1.29 is 19.1 Å². The van der Waals surface area contributed by atoms with Crippen LogP contribution in [0, 0.1) is 0 Å². The Bertz CT molecular complexity index is 831. The van der Waals surface area contributed by atoms with E-state index in [1.165, 1.54) is 6.92 Å². The maximum Gasteiger partial charge on any atom is 0.262 e. The molecule has 1 heterocycles. The number of hydrogen-bond donors (Lipinski definition) is 3. The Morgan fingerprint density at radius 1 is 1.08 bits per heavy atom. The summed E-state index contributed by atoms with van der Waals surface area (Å²) in [6, 6.07) is 12.1. The quantitative estimate of drug-likeness (QED) is 0.795. The highest BCUT2D eigenvalue weighted by atomic mass is 16.5. The third-order valence-corrected chi connectivity index (χ3v) is 3.53. The lowest BCUT2D eigenvalue weighted by Gasteiger charge is -2.18. The molecule has 3 rings (SSSR count). The third-order valence-electron chi connectivity index (χ3n) is 3.53. The van der Waals surface area contributed by atoms with Crippen LogP contribution in [-0.2, 0) is 20.8 Å². The Labute approximate surface area is 144 Å². The topological polar surface area (TPSA) is 96.5 Å². The third kappa shape index (κ3) is 4.35. The average Bonchev–Trinajstić information content (AvgIpc) is 2.55. The molecule has 0 radical (unpaired) electrons. The molecule has 7 nitrogen and oxygen atoms in total. The van der Waals surface area contributed by atoms with E-state index in [1.807, 2.05) is 0 Å². The van der Waals surface area contributed by atoms with E-state index in [9.17, 15) is 14.4 Å². The minimum absolute atomic E-state index is 0.00130. The highest BCUT2D eigenvalue weighted by molar-refractivity contribution is 5.96. The van der Waals surface area contributed by atoms with Gasteiger partial charge in [-0.15, -0.1) is 0 Å². The molecule has 0 spiro atoms. The van der Waals surface area contributed by atoms with E-state index in [4.69, 9.17) is 4.74 Å². The van der Waals surface area contributed by atoms with Gasteiger partial charge >= 0.3 is 0 Å². The van der Waals surface area contributed by atoms with Crippen molar-refractivity contribution in [1.82, 2.24) is 0 Å². The summed E-state index contributed by atoms with van der Waals surface area (Å²) in [5, 5.41) is 8.16. The SMILES string of the molecule is CC(=O)Nc1ccc(NC(=O)Cc2ccc3c(c2)NC(=O)CO3)cc1. The van der Waals surface area contributed by atoms with Gasteiger partial charge in [-0.2, -0.15) is 0 Å². The van der Waals surface area contributed by atoms with Crippen LogP contribution in [0.25, 0.3) is 0 Å². The van der Waals surface area contributed by atoms with Crippen LogP contribution in [-0.4, -0.2) is 24.3 Å². The summed E-state index contributed by atoms with van der Waals surface area (Å²) in [7, 11) is 0. The van der Waals surface area contributed by atoms with Gasteiger partial charge in [0.2, 0.25) is 11.8 Å². The number of carbonyl (C=O) groups is 3. The first-order valence-electron chi connectivity index (χ1n) is 7.73. The molecule has 0 unspecified atom stereocenters. The van der Waals surface area contributed by atoms with Gasteiger partial charge in [0.15, 0.2) is 6.61 Å². The molecule has 0 aliphatic carbocycles. The van der Waals surface area contributed by atoms with E-state index in [0.717, 1.165) is 5.56 Å². The van der Waals surface area contributed by atoms with Crippen molar-refractivity contribution in [2.45, 2.75) is 13.3 Å². The van der Waals surface area contributed by atoms with E-state index in [0.29, 0.717) is 22.8 Å². The molecule has 128 valence electrons. The fourth-order valence-corrected chi connectivity index (χ4v) is 2.47. The highest BCUT2D eigenvalue weighted by Crippen LogP contribution is 2.28. The Kier molecular flexibility index (Phi) is 4.65. The van der Waals surface area contributed by atoms with Crippen LogP contribution in [0.2, 0.25) is 0 Å². The first kappa shape index (κ1) is 16.5. The lowest BCUT2D eigenvalue weighted by molar-refractivity contribution is -0.118. The molecule has 2 aromatic rings. The highest BCUT2D eigenvalue weighted by Gasteiger charge is 2.16. The van der Waals surface area contributed by atoms with Crippen LogP contribution in [0.1, 0.15) is 12.5 Å². The Morgan fingerprint density at radius 2 is 1.76 bits per heavy atom. The fraction of sp³-hybridized carbons (Fsp3) is 0.167. The molecular formula is C18H17N3O4. The van der Waals surface area contributed by atoms with Crippen molar-refractivity contribution in [3.8, 4) is 5.75 Å². The average molecular weight is 339 g/mol. The standard InChI is InChI=1S/C18H17N3O4/c1-11(22)19-13-3-5-14(6-4-13)20-17(23)9-12-2-7-16-15(8-12)21-18(24)10-25-16/h2-8H,9-10H2,1H3,(H,19,22)(H,20,23)(H,21,24). The molecule has 2 aromatic carbocycles. The van der Waals surface area contributed by atoms with Gasteiger partial charge in [0.1, 0.15) is 5.75 Å². The monoisotopic (exact) mass is 339 g/mol. The van der Waals surface area contributed by atoms with E-state index in [-0.39, 0.29) is 30.7 Å². The molecule has 0 saturated carbocycles. The second kappa shape index (κ2) is 7.04. The number of fused-ring (bicyclic) bond motifs is 1. The number of carbonyl (C=O) groups excluding carboxylic acids is 3. The summed E-state index contributed by atoms with van der Waals surface area (Å²) in [5.41, 5.74) is 2.63. The minimum Gasteiger partial charge on any atom is -0.482 e. The van der Waals surface area contributed by atoms with Crippen molar-refractivity contribution in [2.24, 2.45) is 0 Å². The van der Waals surface area contributed by atoms with Crippen LogP contribution in [0.15, 0.2) is 42.5 Å². The molecule has 0 bridgehead atoms. The molecule has 1 aliphatic heterocycles. The van der Waals surface area contributed by atoms with E-state index < -0.39 is 0 Å². The number of hydrogen-bond acceptors (Lipinski definition) is 4. The van der Waals surface area contributed by atoms with E-state index >= 15 is 0 Å². The van der Waals surface area contributed by atoms with Gasteiger partial charge < -0.3 is 20.7 Å². The van der Waals surface area contributed by atoms with Crippen molar-refractivity contribution in [3.63, 3.8) is 0 Å². The summed E-state index contributed by atoms with van der Waals surface area (Å²) in [6.07, 6.45) is 0.163. The predicted octanol–water partition coefficient (Wildman–Crippen LogP) is 2.16. The van der Waals surface area contributed by atoms with E-state index in [1.54, 1.807) is 42.5 Å². The molecule has 0 fully saturated rings. The van der Waals surface area contributed by atoms with Crippen LogP contribution in [0.3, 0.4) is 0 Å². The van der Waals surface area contributed by atoms with Crippen LogP contribution in [0.5, 0.6) is 5.75 Å². The van der Waals surface area contributed by atoms with Gasteiger partial charge in [-0.1, -0.05) is 6.07 Å². The number of anilines is 3. The zero-order valence-corrected chi connectivity index (χ0v) is 13.6. The number of rotatable bonds is 4. The Balaban J connectivity index is 1.62. The summed E-state index contributed by atoms with van der Waals surface area (Å²) in [6.45, 7) is 1.43. The maximum absolute atomic E-state index is 12.2. The van der Waals surface area contributed by atoms with E-state index in [2.05, 4.69) is 16.0 Å². The van der Waals surface area contributed by atoms with Crippen molar-refractivity contribution >= 4 is 34.8 Å². The number of nitrogens with one attached hydrogen (secondary N) is 3. The molecule has 0 atom stereocenters. The summed E-state index contributed by atoms with van der Waals surface area (Å²) >= 11 is 0. The number of ether oxygens (including phenoxy) is 1. The first-order chi connectivity index (χ1) is 12.0. The fourth-order valence-electron chi connectivity index (χ4n) is 2.47. The zero-order chi connectivity index (χ0) is 17.8. The first-order valence-corrected chi connectivity index (χ1v) is 7.73. The molecule has 3 amide bonds. The molecular weight excluding hydrogens is 322 g/mol. The van der Waals surface area contributed by atoms with Crippen LogP contribution >= 0.6 is 0 Å². The molecule has 0 aromatic heterocycles. The zero-order valence-electron chi connectivity index (χ0n) is 13.6. The van der Waals surface area contributed by atoms with Gasteiger partial charge in [0.05, 0.1) is 12.1 Å². The lowest BCUT2D eigenvalue weighted by Crippen LogP contribution is -2.25. The van der Waals surface area contributed by atoms with Gasteiger partial charge in [-0.3, -0.25) is 14.4 Å². The molecule has 25 heavy (non-hydrogen) atoms. The molecule has 1 aliphatic rings. The van der Waals surface area contributed by atoms with Crippen LogP contribution in [0.4, 0.5) is 17.1 Å². The smallest absolute Gasteiger partial charge is 0.262 e. The molecule has 3 N–H and O–H groups in total. The Hall–Kier alpha value is -3.35. The lowest BCUT2D eigenvalue weighted by atomic mass is 10.1. The number of benzene rings is 2. The second-order valence-corrected chi connectivity index (χ2v) is 5.65. The summed E-state index contributed by atoms with van der Waals surface area (Å²) in [4.78, 5) is 34.5. The van der Waals surface area contributed by atoms with Gasteiger partial charge in [0.25, 0.3) is 5.91 Å².